The van der Waals surface area contributed by atoms with Crippen molar-refractivity contribution in [2.45, 2.75) is 58.5 Å². The normalized spacial score (nSPS) is 12.9. The van der Waals surface area contributed by atoms with E-state index < -0.39 is 0 Å². The molecule has 0 amide bonds. The van der Waals surface area contributed by atoms with Gasteiger partial charge >= 0.3 is 0 Å². The van der Waals surface area contributed by atoms with Crippen molar-refractivity contribution in [3.05, 3.63) is 28.8 Å². The first kappa shape index (κ1) is 14.5. The predicted molar refractivity (Wildman–Crippen MR) is 78.9 cm³/mol. The topological polar surface area (TPSA) is 20.2 Å². The average Bonchev–Trinajstić information content (AvgIpc) is 2.14. The molecule has 1 N–H and O–H groups in total. The van der Waals surface area contributed by atoms with E-state index >= 15 is 0 Å². The molecule has 0 heterocycles. The molecule has 0 bridgehead atoms. The minimum absolute atomic E-state index is 0.0278. The molecule has 96 valence electrons. The molecule has 0 spiro atoms. The van der Waals surface area contributed by atoms with Gasteiger partial charge in [0.1, 0.15) is 5.75 Å². The molecule has 1 nitrogen and oxygen atoms in total. The highest BCUT2D eigenvalue weighted by Crippen LogP contribution is 2.40. The molecule has 1 aromatic rings. The molecule has 2 heteroatoms. The fraction of sp³-hybridized carbons (Fsp3) is 0.600. The second-order valence-electron chi connectivity index (χ2n) is 6.74. The fourth-order valence-electron chi connectivity index (χ4n) is 1.96. The quantitative estimate of drug-likeness (QED) is 0.736. The SMILES string of the molecule is CC(C)(C)c1cc(CP)cc(C(C)(C)C)c1O. The van der Waals surface area contributed by atoms with E-state index in [-0.39, 0.29) is 10.8 Å². The molecule has 1 rings (SSSR count). The maximum atomic E-state index is 10.5. The van der Waals surface area contributed by atoms with E-state index in [1.54, 1.807) is 0 Å². The van der Waals surface area contributed by atoms with Crippen molar-refractivity contribution in [3.63, 3.8) is 0 Å². The van der Waals surface area contributed by atoms with Crippen LogP contribution in [0.2, 0.25) is 0 Å². The highest BCUT2D eigenvalue weighted by Gasteiger charge is 2.26. The predicted octanol–water partition coefficient (Wildman–Crippen LogP) is 4.36. The largest absolute Gasteiger partial charge is 0.507 e. The van der Waals surface area contributed by atoms with Crippen molar-refractivity contribution in [2.75, 3.05) is 0 Å². The maximum absolute atomic E-state index is 10.5. The van der Waals surface area contributed by atoms with Crippen LogP contribution in [0, 0.1) is 0 Å². The van der Waals surface area contributed by atoms with Crippen LogP contribution >= 0.6 is 9.24 Å². The second-order valence-corrected chi connectivity index (χ2v) is 7.15. The number of aromatic hydroxyl groups is 1. The summed E-state index contributed by atoms with van der Waals surface area (Å²) in [5.74, 6) is 0.465. The molecule has 0 saturated carbocycles. The van der Waals surface area contributed by atoms with Crippen LogP contribution in [0.3, 0.4) is 0 Å². The molecule has 0 saturated heterocycles. The average molecular weight is 252 g/mol. The monoisotopic (exact) mass is 252 g/mol. The smallest absolute Gasteiger partial charge is 0.123 e. The third kappa shape index (κ3) is 3.22. The van der Waals surface area contributed by atoms with Gasteiger partial charge in [0.25, 0.3) is 0 Å². The van der Waals surface area contributed by atoms with E-state index in [4.69, 9.17) is 0 Å². The summed E-state index contributed by atoms with van der Waals surface area (Å²) in [6.07, 6.45) is 0.923. The molecule has 17 heavy (non-hydrogen) atoms. The van der Waals surface area contributed by atoms with Crippen molar-refractivity contribution in [1.82, 2.24) is 0 Å². The van der Waals surface area contributed by atoms with Gasteiger partial charge in [-0.25, -0.2) is 0 Å². The first-order chi connectivity index (χ1) is 7.57. The Kier molecular flexibility index (Phi) is 3.94. The van der Waals surface area contributed by atoms with Crippen LogP contribution in [0.4, 0.5) is 0 Å². The number of phenolic OH excluding ortho intramolecular Hbond substituents is 1. The standard InChI is InChI=1S/C15H25OP/c1-14(2,3)11-7-10(9-17)8-12(13(11)16)15(4,5)6/h7-8,16H,9,17H2,1-6H3. The summed E-state index contributed by atoms with van der Waals surface area (Å²) in [5.41, 5.74) is 3.30. The Morgan fingerprint density at radius 1 is 0.941 bits per heavy atom. The van der Waals surface area contributed by atoms with E-state index in [1.165, 1.54) is 5.56 Å². The summed E-state index contributed by atoms with van der Waals surface area (Å²) in [7, 11) is 2.76. The Hall–Kier alpha value is -0.550. The zero-order valence-corrected chi connectivity index (χ0v) is 13.0. The Morgan fingerprint density at radius 2 is 1.29 bits per heavy atom. The number of phenols is 1. The molecule has 1 atom stereocenters. The van der Waals surface area contributed by atoms with Crippen molar-refractivity contribution in [1.29, 1.82) is 0 Å². The molecule has 0 aliphatic rings. The summed E-state index contributed by atoms with van der Waals surface area (Å²) in [6, 6.07) is 4.25. The van der Waals surface area contributed by atoms with Gasteiger partial charge in [0.15, 0.2) is 0 Å². The number of hydrogen-bond acceptors (Lipinski definition) is 1. The van der Waals surface area contributed by atoms with Gasteiger partial charge in [-0.2, -0.15) is 0 Å². The van der Waals surface area contributed by atoms with Crippen molar-refractivity contribution >= 4 is 9.24 Å². The van der Waals surface area contributed by atoms with E-state index in [0.29, 0.717) is 5.75 Å². The molecule has 0 fully saturated rings. The Balaban J connectivity index is 3.53. The first-order valence-electron chi connectivity index (χ1n) is 6.14. The highest BCUT2D eigenvalue weighted by atomic mass is 31.0. The van der Waals surface area contributed by atoms with Gasteiger partial charge in [-0.05, 0) is 33.7 Å². The molecule has 1 aromatic carbocycles. The zero-order valence-electron chi connectivity index (χ0n) is 11.9. The molecule has 1 unspecified atom stereocenters. The molecule has 0 aliphatic heterocycles. The van der Waals surface area contributed by atoms with Gasteiger partial charge in [0, 0.05) is 0 Å². The molecule has 0 aromatic heterocycles. The van der Waals surface area contributed by atoms with E-state index in [0.717, 1.165) is 17.3 Å². The third-order valence-electron chi connectivity index (χ3n) is 3.02. The number of benzene rings is 1. The van der Waals surface area contributed by atoms with Crippen molar-refractivity contribution < 1.29 is 5.11 Å². The summed E-state index contributed by atoms with van der Waals surface area (Å²) in [5, 5.41) is 10.5. The molecular formula is C15H25OP. The van der Waals surface area contributed by atoms with E-state index in [9.17, 15) is 5.11 Å². The van der Waals surface area contributed by atoms with Crippen LogP contribution in [-0.2, 0) is 17.0 Å². The van der Waals surface area contributed by atoms with Crippen LogP contribution in [-0.4, -0.2) is 5.11 Å². The lowest BCUT2D eigenvalue weighted by Gasteiger charge is -2.28. The second kappa shape index (κ2) is 4.61. The Labute approximate surface area is 108 Å². The fourth-order valence-corrected chi connectivity index (χ4v) is 2.19. The van der Waals surface area contributed by atoms with Crippen LogP contribution in [0.5, 0.6) is 5.75 Å². The van der Waals surface area contributed by atoms with Gasteiger partial charge in [-0.3, -0.25) is 0 Å². The summed E-state index contributed by atoms with van der Waals surface area (Å²) < 4.78 is 0. The van der Waals surface area contributed by atoms with Gasteiger partial charge < -0.3 is 5.11 Å². The third-order valence-corrected chi connectivity index (χ3v) is 3.49. The number of hydrogen-bond donors (Lipinski definition) is 1. The summed E-state index contributed by atoms with van der Waals surface area (Å²) in [4.78, 5) is 0. The first-order valence-corrected chi connectivity index (χ1v) is 6.96. The van der Waals surface area contributed by atoms with Crippen molar-refractivity contribution in [2.24, 2.45) is 0 Å². The summed E-state index contributed by atoms with van der Waals surface area (Å²) in [6.45, 7) is 12.8. The minimum Gasteiger partial charge on any atom is -0.507 e. The van der Waals surface area contributed by atoms with Gasteiger partial charge in [0.2, 0.25) is 0 Å². The highest BCUT2D eigenvalue weighted by molar-refractivity contribution is 7.15. The lowest BCUT2D eigenvalue weighted by Crippen LogP contribution is -2.17. The Bertz CT molecular complexity index is 373. The Morgan fingerprint density at radius 3 is 1.53 bits per heavy atom. The van der Waals surface area contributed by atoms with Crippen molar-refractivity contribution in [3.8, 4) is 5.75 Å². The minimum atomic E-state index is -0.0278. The molecule has 0 radical (unpaired) electrons. The van der Waals surface area contributed by atoms with Gasteiger partial charge in [-0.15, -0.1) is 9.24 Å². The number of rotatable bonds is 1. The van der Waals surface area contributed by atoms with Crippen LogP contribution in [0.25, 0.3) is 0 Å². The maximum Gasteiger partial charge on any atom is 0.123 e. The molecular weight excluding hydrogens is 227 g/mol. The van der Waals surface area contributed by atoms with E-state index in [2.05, 4.69) is 62.9 Å². The van der Waals surface area contributed by atoms with Gasteiger partial charge in [-0.1, -0.05) is 53.7 Å². The zero-order chi connectivity index (χ0) is 13.4. The van der Waals surface area contributed by atoms with Crippen LogP contribution in [0.15, 0.2) is 12.1 Å². The van der Waals surface area contributed by atoms with Crippen LogP contribution < -0.4 is 0 Å². The van der Waals surface area contributed by atoms with E-state index in [1.807, 2.05) is 0 Å². The van der Waals surface area contributed by atoms with Crippen LogP contribution in [0.1, 0.15) is 58.2 Å². The lowest BCUT2D eigenvalue weighted by molar-refractivity contribution is 0.423. The van der Waals surface area contributed by atoms with Gasteiger partial charge in [0.05, 0.1) is 0 Å². The lowest BCUT2D eigenvalue weighted by atomic mass is 9.78. The molecule has 0 aliphatic carbocycles. The summed E-state index contributed by atoms with van der Waals surface area (Å²) >= 11 is 0.